The van der Waals surface area contributed by atoms with Crippen LogP contribution in [0.5, 0.6) is 5.75 Å². The van der Waals surface area contributed by atoms with Gasteiger partial charge in [-0.2, -0.15) is 0 Å². The topological polar surface area (TPSA) is 65.1 Å². The standard InChI is InChI=1S/C28H38N4O3/c1-22-8-6-7-15-32(22)27(34)21-31-18-16-30(17-19-31)20-26(33)29-28(23-9-4-3-5-10-23)24-11-13-25(35-2)14-12-24/h3-5,9-14,22,28H,6-8,15-21H2,1-2H3,(H,29,33). The van der Waals surface area contributed by atoms with Crippen molar-refractivity contribution in [3.63, 3.8) is 0 Å². The number of piperazine rings is 1. The van der Waals surface area contributed by atoms with Gasteiger partial charge in [0.25, 0.3) is 0 Å². The summed E-state index contributed by atoms with van der Waals surface area (Å²) >= 11 is 0. The highest BCUT2D eigenvalue weighted by atomic mass is 16.5. The summed E-state index contributed by atoms with van der Waals surface area (Å²) in [5.41, 5.74) is 2.06. The Morgan fingerprint density at radius 1 is 0.886 bits per heavy atom. The van der Waals surface area contributed by atoms with E-state index in [4.69, 9.17) is 4.74 Å². The Kier molecular flexibility index (Phi) is 8.77. The van der Waals surface area contributed by atoms with Crippen molar-refractivity contribution in [2.75, 3.05) is 52.9 Å². The fourth-order valence-corrected chi connectivity index (χ4v) is 5.07. The Balaban J connectivity index is 1.29. The monoisotopic (exact) mass is 478 g/mol. The maximum absolute atomic E-state index is 13.0. The molecule has 1 N–H and O–H groups in total. The molecule has 0 saturated carbocycles. The largest absolute Gasteiger partial charge is 0.497 e. The zero-order valence-electron chi connectivity index (χ0n) is 21.0. The molecule has 2 aliphatic rings. The van der Waals surface area contributed by atoms with E-state index < -0.39 is 0 Å². The number of piperidine rings is 1. The summed E-state index contributed by atoms with van der Waals surface area (Å²) in [5.74, 6) is 1.04. The predicted octanol–water partition coefficient (Wildman–Crippen LogP) is 2.92. The molecule has 0 bridgehead atoms. The summed E-state index contributed by atoms with van der Waals surface area (Å²) in [4.78, 5) is 32.3. The van der Waals surface area contributed by atoms with E-state index in [2.05, 4.69) is 22.0 Å². The molecule has 0 spiro atoms. The van der Waals surface area contributed by atoms with Gasteiger partial charge in [-0.15, -0.1) is 0 Å². The van der Waals surface area contributed by atoms with E-state index in [1.807, 2.05) is 59.5 Å². The maximum atomic E-state index is 13.0. The zero-order valence-corrected chi connectivity index (χ0v) is 21.0. The smallest absolute Gasteiger partial charge is 0.236 e. The number of carbonyl (C=O) groups is 2. The Bertz CT molecular complexity index is 958. The van der Waals surface area contributed by atoms with Gasteiger partial charge in [0, 0.05) is 38.8 Å². The summed E-state index contributed by atoms with van der Waals surface area (Å²) in [6.07, 6.45) is 3.43. The average molecular weight is 479 g/mol. The summed E-state index contributed by atoms with van der Waals surface area (Å²) < 4.78 is 5.29. The summed E-state index contributed by atoms with van der Waals surface area (Å²) in [6.45, 7) is 7.06. The molecule has 2 heterocycles. The number of carbonyl (C=O) groups excluding carboxylic acids is 2. The maximum Gasteiger partial charge on any atom is 0.236 e. The van der Waals surface area contributed by atoms with Gasteiger partial charge in [-0.3, -0.25) is 19.4 Å². The second-order valence-corrected chi connectivity index (χ2v) is 9.67. The molecule has 2 aromatic rings. The molecule has 0 radical (unpaired) electrons. The van der Waals surface area contributed by atoms with Gasteiger partial charge in [-0.25, -0.2) is 0 Å². The fourth-order valence-electron chi connectivity index (χ4n) is 5.07. The number of hydrogen-bond acceptors (Lipinski definition) is 5. The van der Waals surface area contributed by atoms with Crippen LogP contribution in [0.1, 0.15) is 43.4 Å². The highest BCUT2D eigenvalue weighted by Gasteiger charge is 2.27. The van der Waals surface area contributed by atoms with E-state index in [-0.39, 0.29) is 17.9 Å². The van der Waals surface area contributed by atoms with Gasteiger partial charge in [0.2, 0.25) is 11.8 Å². The molecular formula is C28H38N4O3. The van der Waals surface area contributed by atoms with Crippen molar-refractivity contribution in [1.82, 2.24) is 20.0 Å². The molecule has 2 atom stereocenters. The summed E-state index contributed by atoms with van der Waals surface area (Å²) in [7, 11) is 1.65. The molecule has 7 nitrogen and oxygen atoms in total. The number of amides is 2. The van der Waals surface area contributed by atoms with Crippen molar-refractivity contribution >= 4 is 11.8 Å². The Hall–Kier alpha value is -2.90. The molecule has 2 aliphatic heterocycles. The van der Waals surface area contributed by atoms with E-state index >= 15 is 0 Å². The lowest BCUT2D eigenvalue weighted by Crippen LogP contribution is -2.53. The lowest BCUT2D eigenvalue weighted by atomic mass is 9.98. The Labute approximate surface area is 209 Å². The van der Waals surface area contributed by atoms with E-state index in [1.165, 1.54) is 6.42 Å². The molecule has 7 heteroatoms. The van der Waals surface area contributed by atoms with Crippen molar-refractivity contribution in [3.8, 4) is 5.75 Å². The van der Waals surface area contributed by atoms with Crippen molar-refractivity contribution in [2.24, 2.45) is 0 Å². The average Bonchev–Trinajstić information content (AvgIpc) is 2.89. The number of likely N-dealkylation sites (tertiary alicyclic amines) is 1. The lowest BCUT2D eigenvalue weighted by Gasteiger charge is -2.38. The normalized spacial score (nSPS) is 20.3. The van der Waals surface area contributed by atoms with Crippen molar-refractivity contribution in [3.05, 3.63) is 65.7 Å². The minimum absolute atomic E-state index is 0.00124. The summed E-state index contributed by atoms with van der Waals surface area (Å²) in [5, 5.41) is 3.23. The second kappa shape index (κ2) is 12.2. The number of hydrogen-bond donors (Lipinski definition) is 1. The quantitative estimate of drug-likeness (QED) is 0.632. The van der Waals surface area contributed by atoms with E-state index in [9.17, 15) is 9.59 Å². The van der Waals surface area contributed by atoms with E-state index in [0.29, 0.717) is 19.1 Å². The van der Waals surface area contributed by atoms with Gasteiger partial charge in [-0.05, 0) is 49.4 Å². The lowest BCUT2D eigenvalue weighted by molar-refractivity contribution is -0.136. The molecule has 2 saturated heterocycles. The molecule has 0 aromatic heterocycles. The van der Waals surface area contributed by atoms with Crippen LogP contribution in [0.3, 0.4) is 0 Å². The number of benzene rings is 2. The second-order valence-electron chi connectivity index (χ2n) is 9.67. The Morgan fingerprint density at radius 2 is 1.51 bits per heavy atom. The molecule has 0 aliphatic carbocycles. The molecule has 2 amide bonds. The molecule has 2 aromatic carbocycles. The minimum Gasteiger partial charge on any atom is -0.497 e. The first kappa shape index (κ1) is 25.2. The zero-order chi connectivity index (χ0) is 24.6. The van der Waals surface area contributed by atoms with Crippen LogP contribution in [0, 0.1) is 0 Å². The first-order chi connectivity index (χ1) is 17.0. The third-order valence-electron chi connectivity index (χ3n) is 7.20. The van der Waals surface area contributed by atoms with Gasteiger partial charge in [0.05, 0.1) is 26.2 Å². The number of rotatable bonds is 8. The van der Waals surface area contributed by atoms with Crippen molar-refractivity contribution in [1.29, 1.82) is 0 Å². The van der Waals surface area contributed by atoms with Crippen LogP contribution >= 0.6 is 0 Å². The SMILES string of the molecule is COc1ccc(C(NC(=O)CN2CCN(CC(=O)N3CCCCC3C)CC2)c2ccccc2)cc1. The number of methoxy groups -OCH3 is 1. The molecular weight excluding hydrogens is 440 g/mol. The van der Waals surface area contributed by atoms with Gasteiger partial charge >= 0.3 is 0 Å². The number of ether oxygens (including phenoxy) is 1. The first-order valence-electron chi connectivity index (χ1n) is 12.8. The van der Waals surface area contributed by atoms with Crippen LogP contribution < -0.4 is 10.1 Å². The molecule has 4 rings (SSSR count). The van der Waals surface area contributed by atoms with Gasteiger partial charge in [0.15, 0.2) is 0 Å². The fraction of sp³-hybridized carbons (Fsp3) is 0.500. The van der Waals surface area contributed by atoms with Crippen LogP contribution in [0.2, 0.25) is 0 Å². The van der Waals surface area contributed by atoms with Crippen molar-refractivity contribution in [2.45, 2.75) is 38.3 Å². The van der Waals surface area contributed by atoms with Gasteiger partial charge in [-0.1, -0.05) is 42.5 Å². The highest BCUT2D eigenvalue weighted by Crippen LogP contribution is 2.24. The summed E-state index contributed by atoms with van der Waals surface area (Å²) in [6, 6.07) is 18.0. The van der Waals surface area contributed by atoms with E-state index in [1.54, 1.807) is 7.11 Å². The molecule has 188 valence electrons. The molecule has 2 fully saturated rings. The van der Waals surface area contributed by atoms with Crippen LogP contribution in [0.15, 0.2) is 54.6 Å². The highest BCUT2D eigenvalue weighted by molar-refractivity contribution is 5.79. The number of nitrogens with one attached hydrogen (secondary N) is 1. The van der Waals surface area contributed by atoms with Crippen LogP contribution in [0.25, 0.3) is 0 Å². The minimum atomic E-state index is -0.222. The first-order valence-corrected chi connectivity index (χ1v) is 12.8. The van der Waals surface area contributed by atoms with Gasteiger partial charge in [0.1, 0.15) is 5.75 Å². The van der Waals surface area contributed by atoms with Crippen LogP contribution in [0.4, 0.5) is 0 Å². The van der Waals surface area contributed by atoms with Gasteiger partial charge < -0.3 is 15.0 Å². The molecule has 2 unspecified atom stereocenters. The third kappa shape index (κ3) is 6.83. The van der Waals surface area contributed by atoms with Crippen LogP contribution in [-0.2, 0) is 9.59 Å². The Morgan fingerprint density at radius 3 is 2.14 bits per heavy atom. The predicted molar refractivity (Wildman–Crippen MR) is 137 cm³/mol. The van der Waals surface area contributed by atoms with Crippen molar-refractivity contribution < 1.29 is 14.3 Å². The van der Waals surface area contributed by atoms with E-state index in [0.717, 1.165) is 62.4 Å². The molecule has 35 heavy (non-hydrogen) atoms. The third-order valence-corrected chi connectivity index (χ3v) is 7.20. The number of nitrogens with zero attached hydrogens (tertiary/aromatic N) is 3. The van der Waals surface area contributed by atoms with Crippen LogP contribution in [-0.4, -0.2) is 85.5 Å².